The molecule has 2 unspecified atom stereocenters. The molecule has 2 N–H and O–H groups in total. The van der Waals surface area contributed by atoms with E-state index in [2.05, 4.69) is 43.4 Å². The number of fused-ring (bicyclic) bond motifs is 2. The lowest BCUT2D eigenvalue weighted by Crippen LogP contribution is -2.52. The summed E-state index contributed by atoms with van der Waals surface area (Å²) < 4.78 is 14.0. The third kappa shape index (κ3) is 8.90. The molecular formula is C48H58N8O7. The van der Waals surface area contributed by atoms with Crippen molar-refractivity contribution in [3.8, 4) is 0 Å². The van der Waals surface area contributed by atoms with Crippen molar-refractivity contribution in [1.29, 1.82) is 0 Å². The summed E-state index contributed by atoms with van der Waals surface area (Å²) >= 11 is 0. The molecule has 332 valence electrons. The molecule has 0 aliphatic carbocycles. The summed E-state index contributed by atoms with van der Waals surface area (Å²) in [6.07, 6.45) is 7.87. The highest BCUT2D eigenvalue weighted by molar-refractivity contribution is 6.06. The van der Waals surface area contributed by atoms with Crippen LogP contribution >= 0.6 is 0 Å². The monoisotopic (exact) mass is 858 g/mol. The summed E-state index contributed by atoms with van der Waals surface area (Å²) in [4.78, 5) is 77.8. The molecule has 4 fully saturated rings. The zero-order chi connectivity index (χ0) is 44.0. The van der Waals surface area contributed by atoms with Gasteiger partial charge in [0.25, 0.3) is 11.8 Å². The van der Waals surface area contributed by atoms with E-state index in [1.807, 2.05) is 63.2 Å². The minimum Gasteiger partial charge on any atom is -0.443 e. The van der Waals surface area contributed by atoms with Gasteiger partial charge in [-0.3, -0.25) is 29.4 Å². The largest absolute Gasteiger partial charge is 0.443 e. The fraction of sp³-hybridized carbons (Fsp3) is 0.500. The van der Waals surface area contributed by atoms with Crippen LogP contribution in [0, 0.1) is 5.92 Å². The zero-order valence-corrected chi connectivity index (χ0v) is 36.7. The van der Waals surface area contributed by atoms with Crippen LogP contribution in [0.4, 0.5) is 22.0 Å². The average molecular weight is 859 g/mol. The van der Waals surface area contributed by atoms with E-state index in [1.165, 1.54) is 0 Å². The first-order valence-corrected chi connectivity index (χ1v) is 22.5. The Balaban J connectivity index is 0.749. The number of carbonyl (C=O) groups is 5. The molecule has 4 amide bonds. The van der Waals surface area contributed by atoms with Crippen LogP contribution in [0.1, 0.15) is 110 Å². The lowest BCUT2D eigenvalue weighted by molar-refractivity contribution is -0.136. The molecule has 2 aromatic heterocycles. The number of pyridine rings is 1. The molecule has 5 aliphatic rings. The van der Waals surface area contributed by atoms with Gasteiger partial charge in [0.1, 0.15) is 17.5 Å². The molecule has 2 aromatic carbocycles. The average Bonchev–Trinajstić information content (AvgIpc) is 3.97. The van der Waals surface area contributed by atoms with Gasteiger partial charge in [0.2, 0.25) is 11.8 Å². The first kappa shape index (κ1) is 42.5. The van der Waals surface area contributed by atoms with Crippen LogP contribution in [-0.2, 0) is 25.6 Å². The summed E-state index contributed by atoms with van der Waals surface area (Å²) in [6, 6.07) is 16.7. The second kappa shape index (κ2) is 17.4. The molecule has 0 spiro atoms. The smallest absolute Gasteiger partial charge is 0.419 e. The van der Waals surface area contributed by atoms with Gasteiger partial charge < -0.3 is 29.5 Å². The molecule has 4 saturated heterocycles. The van der Waals surface area contributed by atoms with Crippen LogP contribution in [0.15, 0.2) is 60.8 Å². The molecule has 0 saturated carbocycles. The number of rotatable bonds is 9. The Kier molecular flexibility index (Phi) is 11.7. The topological polar surface area (TPSA) is 159 Å². The van der Waals surface area contributed by atoms with Gasteiger partial charge in [0.15, 0.2) is 0 Å². The molecule has 9 rings (SSSR count). The molecule has 2 atom stereocenters. The van der Waals surface area contributed by atoms with Gasteiger partial charge in [-0.2, -0.15) is 0 Å². The molecule has 15 heteroatoms. The number of amides is 4. The summed E-state index contributed by atoms with van der Waals surface area (Å²) in [5.74, 6) is -0.285. The Bertz CT molecular complexity index is 2410. The molecule has 5 aliphatic heterocycles. The second-order valence-electron chi connectivity index (χ2n) is 18.8. The van der Waals surface area contributed by atoms with Gasteiger partial charge in [-0.1, -0.05) is 6.07 Å². The van der Waals surface area contributed by atoms with Crippen molar-refractivity contribution >= 4 is 57.8 Å². The highest BCUT2D eigenvalue weighted by atomic mass is 16.6. The Morgan fingerprint density at radius 2 is 1.62 bits per heavy atom. The first-order valence-electron chi connectivity index (χ1n) is 22.5. The van der Waals surface area contributed by atoms with Crippen LogP contribution in [0.2, 0.25) is 0 Å². The van der Waals surface area contributed by atoms with E-state index in [4.69, 9.17) is 9.47 Å². The fourth-order valence-electron chi connectivity index (χ4n) is 10.0. The molecule has 0 bridgehead atoms. The number of ether oxygens (including phenoxy) is 2. The van der Waals surface area contributed by atoms with E-state index in [0.29, 0.717) is 41.3 Å². The Labute approximate surface area is 368 Å². The standard InChI is InChI=1S/C48H58N8O7/c1-48(2,3)63-47(61)56-40-26-42(49-27-32(40)25-41(56)38-9-6-20-52(38)4)50-44(58)31-10-12-33(13-11-31)53-23-18-34(19-24-53)62-29-30-16-21-54(22-17-30)37-8-5-7-35-36(37)28-55(46(35)60)39-14-15-43(57)51-45(39)59/h5,7-8,10-13,25-27,30,34,38-39H,6,9,14-24,28-29H2,1-4H3,(H,49,50,58)(H,51,57,59). The van der Waals surface area contributed by atoms with Crippen LogP contribution in [-0.4, -0.2) is 113 Å². The number of likely N-dealkylation sites (tertiary alicyclic amines) is 1. The lowest BCUT2D eigenvalue weighted by atomic mass is 9.96. The first-order chi connectivity index (χ1) is 30.3. The van der Waals surface area contributed by atoms with Gasteiger partial charge in [-0.05, 0) is 128 Å². The highest BCUT2D eigenvalue weighted by Crippen LogP contribution is 2.37. The lowest BCUT2D eigenvalue weighted by Gasteiger charge is -2.37. The Morgan fingerprint density at radius 1 is 0.873 bits per heavy atom. The molecule has 7 heterocycles. The third-order valence-electron chi connectivity index (χ3n) is 13.4. The van der Waals surface area contributed by atoms with Gasteiger partial charge in [0.05, 0.1) is 17.7 Å². The molecule has 15 nitrogen and oxygen atoms in total. The maximum Gasteiger partial charge on any atom is 0.419 e. The number of piperidine rings is 3. The van der Waals surface area contributed by atoms with E-state index in [0.717, 1.165) is 106 Å². The number of nitrogens with one attached hydrogen (secondary N) is 2. The van der Waals surface area contributed by atoms with Gasteiger partial charge in [-0.25, -0.2) is 14.3 Å². The maximum absolute atomic E-state index is 13.6. The summed E-state index contributed by atoms with van der Waals surface area (Å²) in [6.45, 7) is 11.1. The third-order valence-corrected chi connectivity index (χ3v) is 13.4. The van der Waals surface area contributed by atoms with Crippen LogP contribution in [0.5, 0.6) is 0 Å². The number of benzene rings is 2. The predicted molar refractivity (Wildman–Crippen MR) is 239 cm³/mol. The van der Waals surface area contributed by atoms with Gasteiger partial charge >= 0.3 is 6.09 Å². The number of imide groups is 1. The maximum atomic E-state index is 13.6. The Morgan fingerprint density at radius 3 is 2.32 bits per heavy atom. The fourth-order valence-corrected chi connectivity index (χ4v) is 10.0. The van der Waals surface area contributed by atoms with E-state index in [1.54, 1.807) is 21.7 Å². The van der Waals surface area contributed by atoms with Crippen LogP contribution < -0.4 is 20.4 Å². The summed E-state index contributed by atoms with van der Waals surface area (Å²) in [5.41, 5.74) is 5.08. The Hall–Kier alpha value is -5.80. The van der Waals surface area contributed by atoms with Crippen molar-refractivity contribution in [2.75, 3.05) is 61.5 Å². The number of anilines is 3. The second-order valence-corrected chi connectivity index (χ2v) is 18.8. The van der Waals surface area contributed by atoms with E-state index in [9.17, 15) is 24.0 Å². The summed E-state index contributed by atoms with van der Waals surface area (Å²) in [5, 5.41) is 6.14. The number of hydrogen-bond acceptors (Lipinski definition) is 11. The van der Waals surface area contributed by atoms with E-state index >= 15 is 0 Å². The van der Waals surface area contributed by atoms with Crippen molar-refractivity contribution in [2.45, 2.75) is 102 Å². The quantitative estimate of drug-likeness (QED) is 0.177. The predicted octanol–water partition coefficient (Wildman–Crippen LogP) is 6.50. The highest BCUT2D eigenvalue weighted by Gasteiger charge is 2.41. The normalized spacial score (nSPS) is 21.6. The number of aromatic nitrogens is 2. The van der Waals surface area contributed by atoms with Crippen molar-refractivity contribution in [3.05, 3.63) is 83.2 Å². The van der Waals surface area contributed by atoms with Crippen molar-refractivity contribution in [1.82, 2.24) is 24.7 Å². The SMILES string of the molecule is CN1CCCC1c1cc2cnc(NC(=O)c3ccc(N4CCC(OCC5CCN(c6cccc7c6CN(C6CCC(=O)NC6=O)C7=O)CC5)CC4)cc3)cc2n1C(=O)OC(C)(C)C. The molecule has 0 radical (unpaired) electrons. The number of hydrogen-bond donors (Lipinski definition) is 2. The van der Waals surface area contributed by atoms with Crippen molar-refractivity contribution in [2.24, 2.45) is 5.92 Å². The van der Waals surface area contributed by atoms with Crippen LogP contribution in [0.3, 0.4) is 0 Å². The van der Waals surface area contributed by atoms with Gasteiger partial charge in [-0.15, -0.1) is 0 Å². The number of carbonyl (C=O) groups excluding carboxylic acids is 5. The van der Waals surface area contributed by atoms with Crippen LogP contribution in [0.25, 0.3) is 10.9 Å². The van der Waals surface area contributed by atoms with E-state index in [-0.39, 0.29) is 36.3 Å². The van der Waals surface area contributed by atoms with Crippen molar-refractivity contribution < 1.29 is 33.4 Å². The molecule has 63 heavy (non-hydrogen) atoms. The number of nitrogens with zero attached hydrogens (tertiary/aromatic N) is 6. The van der Waals surface area contributed by atoms with Crippen molar-refractivity contribution in [3.63, 3.8) is 0 Å². The molecule has 4 aromatic rings. The van der Waals surface area contributed by atoms with Gasteiger partial charge in [0, 0.05) is 97.2 Å². The minimum atomic E-state index is -0.669. The van der Waals surface area contributed by atoms with E-state index < -0.39 is 23.6 Å². The minimum absolute atomic E-state index is 0.0816. The zero-order valence-electron chi connectivity index (χ0n) is 36.7. The molecular weight excluding hydrogens is 801 g/mol. The summed E-state index contributed by atoms with van der Waals surface area (Å²) in [7, 11) is 2.07.